The monoisotopic (exact) mass is 374 g/mol. The van der Waals surface area contributed by atoms with Crippen molar-refractivity contribution in [3.05, 3.63) is 70.6 Å². The molecule has 0 aliphatic heterocycles. The molecule has 5 heteroatoms. The normalized spacial score (nSPS) is 10.9. The molecule has 0 aliphatic carbocycles. The number of rotatable bonds is 5. The Morgan fingerprint density at radius 3 is 2.83 bits per heavy atom. The maximum absolute atomic E-state index is 13.0. The van der Waals surface area contributed by atoms with E-state index in [-0.39, 0.29) is 11.7 Å². The van der Waals surface area contributed by atoms with E-state index in [2.05, 4.69) is 50.2 Å². The van der Waals surface area contributed by atoms with Crippen LogP contribution in [0.4, 0.5) is 4.39 Å². The molecule has 0 unspecified atom stereocenters. The lowest BCUT2D eigenvalue weighted by Crippen LogP contribution is -2.25. The predicted octanol–water partition coefficient (Wildman–Crippen LogP) is 4.36. The van der Waals surface area contributed by atoms with Crippen LogP contribution < -0.4 is 5.32 Å². The third-order valence-electron chi connectivity index (χ3n) is 3.72. The second-order valence-corrected chi connectivity index (χ2v) is 6.16. The molecule has 3 nitrogen and oxygen atoms in total. The third kappa shape index (κ3) is 3.62. The number of halogens is 2. The van der Waals surface area contributed by atoms with E-state index >= 15 is 0 Å². The van der Waals surface area contributed by atoms with Crippen molar-refractivity contribution >= 4 is 32.7 Å². The lowest BCUT2D eigenvalue weighted by Gasteiger charge is -2.08. The summed E-state index contributed by atoms with van der Waals surface area (Å²) in [6.45, 7) is 1.40. The molecule has 0 atom stereocenters. The van der Waals surface area contributed by atoms with E-state index in [1.54, 1.807) is 0 Å². The number of nitrogens with one attached hydrogen (secondary N) is 1. The summed E-state index contributed by atoms with van der Waals surface area (Å²) < 4.78 is 15.7. The zero-order chi connectivity index (χ0) is 16.2. The minimum Gasteiger partial charge on any atom is -0.352 e. The Bertz CT molecular complexity index is 844. The predicted molar refractivity (Wildman–Crippen MR) is 93.0 cm³/mol. The lowest BCUT2D eigenvalue weighted by atomic mass is 10.2. The highest BCUT2D eigenvalue weighted by Gasteiger charge is 2.10. The third-order valence-corrected chi connectivity index (χ3v) is 4.37. The van der Waals surface area contributed by atoms with Crippen LogP contribution in [-0.4, -0.2) is 17.0 Å². The maximum Gasteiger partial charge on any atom is 0.252 e. The van der Waals surface area contributed by atoms with Gasteiger partial charge in [0.05, 0.1) is 5.56 Å². The Balaban J connectivity index is 1.54. The first-order valence-electron chi connectivity index (χ1n) is 7.42. The number of nitrogens with zero attached hydrogens (tertiary/aromatic N) is 1. The maximum atomic E-state index is 13.0. The summed E-state index contributed by atoms with van der Waals surface area (Å²) in [5.41, 5.74) is 1.64. The van der Waals surface area contributed by atoms with Gasteiger partial charge in [-0.15, -0.1) is 0 Å². The highest BCUT2D eigenvalue weighted by Crippen LogP contribution is 2.18. The van der Waals surface area contributed by atoms with Gasteiger partial charge in [0.15, 0.2) is 0 Å². The number of fused-ring (bicyclic) bond motifs is 1. The first-order chi connectivity index (χ1) is 11.1. The van der Waals surface area contributed by atoms with E-state index < -0.39 is 0 Å². The number of carbonyl (C=O) groups excluding carboxylic acids is 1. The van der Waals surface area contributed by atoms with Crippen LogP contribution in [0.3, 0.4) is 0 Å². The summed E-state index contributed by atoms with van der Waals surface area (Å²) in [5.74, 6) is -0.567. The Labute approximate surface area is 142 Å². The molecule has 118 valence electrons. The largest absolute Gasteiger partial charge is 0.352 e. The van der Waals surface area contributed by atoms with E-state index in [1.807, 2.05) is 12.1 Å². The molecular formula is C18H16BrFN2O. The molecule has 0 bridgehead atoms. The van der Waals surface area contributed by atoms with Gasteiger partial charge in [-0.1, -0.05) is 18.2 Å². The molecular weight excluding hydrogens is 359 g/mol. The first-order valence-corrected chi connectivity index (χ1v) is 8.21. The summed E-state index contributed by atoms with van der Waals surface area (Å²) in [7, 11) is 0. The molecule has 0 radical (unpaired) electrons. The van der Waals surface area contributed by atoms with Crippen LogP contribution in [0.25, 0.3) is 10.9 Å². The molecule has 3 rings (SSSR count). The Morgan fingerprint density at radius 1 is 1.17 bits per heavy atom. The van der Waals surface area contributed by atoms with Crippen molar-refractivity contribution in [3.63, 3.8) is 0 Å². The minimum absolute atomic E-state index is 0.200. The molecule has 3 aromatic rings. The number of benzene rings is 2. The summed E-state index contributed by atoms with van der Waals surface area (Å²) >= 11 is 3.21. The van der Waals surface area contributed by atoms with Crippen molar-refractivity contribution in [1.82, 2.24) is 9.88 Å². The Morgan fingerprint density at radius 2 is 2.00 bits per heavy atom. The summed E-state index contributed by atoms with van der Waals surface area (Å²) in [6.07, 6.45) is 2.88. The number of carbonyl (C=O) groups is 1. The van der Waals surface area contributed by atoms with Gasteiger partial charge in [-0.2, -0.15) is 0 Å². The van der Waals surface area contributed by atoms with Gasteiger partial charge in [0.2, 0.25) is 0 Å². The molecule has 0 aliphatic rings. The minimum atomic E-state index is -0.368. The summed E-state index contributed by atoms with van der Waals surface area (Å²) in [4.78, 5) is 12.1. The molecule has 0 saturated heterocycles. The molecule has 2 aromatic carbocycles. The van der Waals surface area contributed by atoms with Crippen molar-refractivity contribution in [2.45, 2.75) is 13.0 Å². The fraction of sp³-hybridized carbons (Fsp3) is 0.167. The highest BCUT2D eigenvalue weighted by molar-refractivity contribution is 9.10. The molecule has 1 heterocycles. The van der Waals surface area contributed by atoms with Crippen molar-refractivity contribution in [3.8, 4) is 0 Å². The molecule has 0 fully saturated rings. The number of aryl methyl sites for hydroxylation is 1. The van der Waals surface area contributed by atoms with Crippen LogP contribution in [0.5, 0.6) is 0 Å². The summed E-state index contributed by atoms with van der Waals surface area (Å²) in [6, 6.07) is 14.4. The number of hydrogen-bond donors (Lipinski definition) is 1. The first kappa shape index (κ1) is 15.7. The van der Waals surface area contributed by atoms with E-state index in [4.69, 9.17) is 0 Å². The number of aromatic nitrogens is 1. The topological polar surface area (TPSA) is 34.0 Å². The van der Waals surface area contributed by atoms with Crippen molar-refractivity contribution in [1.29, 1.82) is 0 Å². The van der Waals surface area contributed by atoms with Crippen LogP contribution >= 0.6 is 15.9 Å². The summed E-state index contributed by atoms with van der Waals surface area (Å²) in [5, 5.41) is 4.08. The zero-order valence-electron chi connectivity index (χ0n) is 12.4. The average Bonchev–Trinajstić information content (AvgIpc) is 2.94. The Hall–Kier alpha value is -2.14. The number of amides is 1. The Kier molecular flexibility index (Phi) is 4.76. The quantitative estimate of drug-likeness (QED) is 0.661. The van der Waals surface area contributed by atoms with Crippen LogP contribution in [0.15, 0.2) is 59.2 Å². The smallest absolute Gasteiger partial charge is 0.252 e. The molecule has 1 N–H and O–H groups in total. The zero-order valence-corrected chi connectivity index (χ0v) is 14.0. The van der Waals surface area contributed by atoms with Gasteiger partial charge in [0.25, 0.3) is 5.91 Å². The number of hydrogen-bond acceptors (Lipinski definition) is 1. The van der Waals surface area contributed by atoms with Gasteiger partial charge in [-0.3, -0.25) is 4.79 Å². The van der Waals surface area contributed by atoms with Crippen LogP contribution in [-0.2, 0) is 6.54 Å². The van der Waals surface area contributed by atoms with Crippen molar-refractivity contribution < 1.29 is 9.18 Å². The SMILES string of the molecule is O=C(NCCCn1ccc2ccccc21)c1ccc(F)cc1Br. The molecule has 0 saturated carbocycles. The van der Waals surface area contributed by atoms with Gasteiger partial charge in [0.1, 0.15) is 5.82 Å². The van der Waals surface area contributed by atoms with Gasteiger partial charge in [-0.05, 0) is 58.1 Å². The second-order valence-electron chi connectivity index (χ2n) is 5.30. The van der Waals surface area contributed by atoms with Crippen molar-refractivity contribution in [2.75, 3.05) is 6.54 Å². The highest BCUT2D eigenvalue weighted by atomic mass is 79.9. The lowest BCUT2D eigenvalue weighted by molar-refractivity contribution is 0.0952. The van der Waals surface area contributed by atoms with E-state index in [0.717, 1.165) is 13.0 Å². The van der Waals surface area contributed by atoms with E-state index in [0.29, 0.717) is 16.6 Å². The van der Waals surface area contributed by atoms with Gasteiger partial charge in [-0.25, -0.2) is 4.39 Å². The molecule has 1 amide bonds. The molecule has 0 spiro atoms. The van der Waals surface area contributed by atoms with Gasteiger partial charge < -0.3 is 9.88 Å². The van der Waals surface area contributed by atoms with Crippen molar-refractivity contribution in [2.24, 2.45) is 0 Å². The van der Waals surface area contributed by atoms with Crippen LogP contribution in [0.2, 0.25) is 0 Å². The molecule has 1 aromatic heterocycles. The van der Waals surface area contributed by atoms with E-state index in [1.165, 1.54) is 29.1 Å². The van der Waals surface area contributed by atoms with Gasteiger partial charge in [0, 0.05) is 29.3 Å². The second kappa shape index (κ2) is 6.96. The van der Waals surface area contributed by atoms with Gasteiger partial charge >= 0.3 is 0 Å². The fourth-order valence-corrected chi connectivity index (χ4v) is 3.09. The van der Waals surface area contributed by atoms with Crippen LogP contribution in [0.1, 0.15) is 16.8 Å². The average molecular weight is 375 g/mol. The van der Waals surface area contributed by atoms with Crippen LogP contribution in [0, 0.1) is 5.82 Å². The standard InChI is InChI=1S/C18H16BrFN2O/c19-16-12-14(20)6-7-15(16)18(23)21-9-3-10-22-11-8-13-4-1-2-5-17(13)22/h1-2,4-8,11-12H,3,9-10H2,(H,21,23). The fourth-order valence-electron chi connectivity index (χ4n) is 2.56. The van der Waals surface area contributed by atoms with E-state index in [9.17, 15) is 9.18 Å². The number of para-hydroxylation sites is 1. The molecule has 23 heavy (non-hydrogen) atoms.